The van der Waals surface area contributed by atoms with E-state index in [0.29, 0.717) is 12.1 Å². The number of hydrogen-bond acceptors (Lipinski definition) is 3. The van der Waals surface area contributed by atoms with E-state index in [1.165, 1.54) is 37.7 Å². The molecule has 1 aliphatic carbocycles. The molecule has 1 amide bonds. The smallest absolute Gasteiger partial charge is 0.253 e. The molecule has 1 fully saturated rings. The standard InChI is InChI=1S/C26H36N4O2/c1-27-25(28-18-20-8-10-21(11-9-20)24(31)30(2)3)29-19-26(16-6-5-7-17-26)22-12-14-23(32-4)15-13-22/h8-15H,5-7,16-19H2,1-4H3,(H2,27,28,29). The molecule has 6 nitrogen and oxygen atoms in total. The highest BCUT2D eigenvalue weighted by molar-refractivity contribution is 5.93. The van der Waals surface area contributed by atoms with Crippen molar-refractivity contribution in [3.8, 4) is 5.75 Å². The van der Waals surface area contributed by atoms with Crippen molar-refractivity contribution in [2.75, 3.05) is 34.8 Å². The van der Waals surface area contributed by atoms with Gasteiger partial charge in [0, 0.05) is 45.2 Å². The molecule has 2 N–H and O–H groups in total. The van der Waals surface area contributed by atoms with Crippen molar-refractivity contribution in [1.29, 1.82) is 0 Å². The Labute approximate surface area is 192 Å². The highest BCUT2D eigenvalue weighted by Crippen LogP contribution is 2.39. The fraction of sp³-hybridized carbons (Fsp3) is 0.462. The lowest BCUT2D eigenvalue weighted by Crippen LogP contribution is -2.46. The average molecular weight is 437 g/mol. The van der Waals surface area contributed by atoms with Gasteiger partial charge in [-0.1, -0.05) is 43.5 Å². The lowest BCUT2D eigenvalue weighted by molar-refractivity contribution is 0.0827. The van der Waals surface area contributed by atoms with Crippen LogP contribution in [-0.2, 0) is 12.0 Å². The van der Waals surface area contributed by atoms with Gasteiger partial charge in [0.25, 0.3) is 5.91 Å². The van der Waals surface area contributed by atoms with Crippen molar-refractivity contribution in [2.45, 2.75) is 44.1 Å². The molecule has 172 valence electrons. The Hall–Kier alpha value is -3.02. The molecule has 0 spiro atoms. The number of amides is 1. The van der Waals surface area contributed by atoms with E-state index >= 15 is 0 Å². The number of nitrogens with one attached hydrogen (secondary N) is 2. The number of ether oxygens (including phenoxy) is 1. The van der Waals surface area contributed by atoms with E-state index in [4.69, 9.17) is 4.74 Å². The zero-order chi connectivity index (χ0) is 23.0. The molecule has 0 aliphatic heterocycles. The first kappa shape index (κ1) is 23.6. The third-order valence-electron chi connectivity index (χ3n) is 6.40. The van der Waals surface area contributed by atoms with Crippen LogP contribution in [0.1, 0.15) is 53.6 Å². The third kappa shape index (κ3) is 5.81. The normalized spacial score (nSPS) is 15.7. The molecule has 0 saturated heterocycles. The van der Waals surface area contributed by atoms with Crippen LogP contribution >= 0.6 is 0 Å². The van der Waals surface area contributed by atoms with E-state index in [9.17, 15) is 4.79 Å². The monoisotopic (exact) mass is 436 g/mol. The SMILES string of the molecule is CN=C(NCc1ccc(C(=O)N(C)C)cc1)NCC1(c2ccc(OC)cc2)CCCCC1. The summed E-state index contributed by atoms with van der Waals surface area (Å²) >= 11 is 0. The van der Waals surface area contributed by atoms with Crippen molar-refractivity contribution >= 4 is 11.9 Å². The minimum Gasteiger partial charge on any atom is -0.497 e. The Kier molecular flexibility index (Phi) is 8.14. The second kappa shape index (κ2) is 11.0. The molecule has 1 aliphatic rings. The van der Waals surface area contributed by atoms with Crippen molar-refractivity contribution in [1.82, 2.24) is 15.5 Å². The molecule has 0 bridgehead atoms. The van der Waals surface area contributed by atoms with Gasteiger partial charge in [0.2, 0.25) is 0 Å². The summed E-state index contributed by atoms with van der Waals surface area (Å²) in [5.41, 5.74) is 3.27. The highest BCUT2D eigenvalue weighted by atomic mass is 16.5. The van der Waals surface area contributed by atoms with Crippen LogP contribution in [0.25, 0.3) is 0 Å². The van der Waals surface area contributed by atoms with Crippen molar-refractivity contribution < 1.29 is 9.53 Å². The topological polar surface area (TPSA) is 66.0 Å². The Morgan fingerprint density at radius 2 is 1.66 bits per heavy atom. The van der Waals surface area contributed by atoms with Gasteiger partial charge in [-0.2, -0.15) is 0 Å². The predicted octanol–water partition coefficient (Wildman–Crippen LogP) is 3.96. The Morgan fingerprint density at radius 3 is 2.22 bits per heavy atom. The van der Waals surface area contributed by atoms with Crippen LogP contribution in [0.3, 0.4) is 0 Å². The zero-order valence-electron chi connectivity index (χ0n) is 19.8. The molecular weight excluding hydrogens is 400 g/mol. The summed E-state index contributed by atoms with van der Waals surface area (Å²) in [6, 6.07) is 16.2. The van der Waals surface area contributed by atoms with Crippen LogP contribution in [0.15, 0.2) is 53.5 Å². The Balaban J connectivity index is 1.62. The van der Waals surface area contributed by atoms with Crippen LogP contribution in [0.5, 0.6) is 5.75 Å². The molecule has 0 unspecified atom stereocenters. The maximum atomic E-state index is 12.1. The van der Waals surface area contributed by atoms with Gasteiger partial charge in [0.1, 0.15) is 5.75 Å². The largest absolute Gasteiger partial charge is 0.497 e. The van der Waals surface area contributed by atoms with Crippen LogP contribution in [-0.4, -0.2) is 51.6 Å². The summed E-state index contributed by atoms with van der Waals surface area (Å²) in [5.74, 6) is 1.69. The summed E-state index contributed by atoms with van der Waals surface area (Å²) in [4.78, 5) is 18.1. The van der Waals surface area contributed by atoms with E-state index in [-0.39, 0.29) is 11.3 Å². The summed E-state index contributed by atoms with van der Waals surface area (Å²) in [6.45, 7) is 1.49. The number of guanidine groups is 1. The van der Waals surface area contributed by atoms with E-state index in [1.807, 2.05) is 24.3 Å². The molecule has 6 heteroatoms. The molecule has 0 radical (unpaired) electrons. The Morgan fingerprint density at radius 1 is 1.00 bits per heavy atom. The quantitative estimate of drug-likeness (QED) is 0.509. The van der Waals surface area contributed by atoms with E-state index in [0.717, 1.165) is 23.8 Å². The van der Waals surface area contributed by atoms with Crippen molar-refractivity contribution in [3.05, 3.63) is 65.2 Å². The number of methoxy groups -OCH3 is 1. The molecule has 0 atom stereocenters. The second-order valence-corrected chi connectivity index (χ2v) is 8.75. The summed E-state index contributed by atoms with van der Waals surface area (Å²) in [7, 11) is 7.03. The minimum atomic E-state index is 0.0123. The van der Waals surface area contributed by atoms with E-state index in [2.05, 4.69) is 39.9 Å². The average Bonchev–Trinajstić information content (AvgIpc) is 2.84. The van der Waals surface area contributed by atoms with Crippen LogP contribution in [0, 0.1) is 0 Å². The molecular formula is C26H36N4O2. The van der Waals surface area contributed by atoms with Crippen LogP contribution in [0.2, 0.25) is 0 Å². The molecule has 32 heavy (non-hydrogen) atoms. The van der Waals surface area contributed by atoms with Gasteiger partial charge < -0.3 is 20.3 Å². The van der Waals surface area contributed by atoms with E-state index < -0.39 is 0 Å². The van der Waals surface area contributed by atoms with Crippen LogP contribution < -0.4 is 15.4 Å². The van der Waals surface area contributed by atoms with E-state index in [1.54, 1.807) is 33.2 Å². The molecule has 1 saturated carbocycles. The zero-order valence-corrected chi connectivity index (χ0v) is 19.8. The van der Waals surface area contributed by atoms with Gasteiger partial charge in [-0.25, -0.2) is 0 Å². The Bertz CT molecular complexity index is 898. The van der Waals surface area contributed by atoms with Crippen molar-refractivity contribution in [2.24, 2.45) is 4.99 Å². The molecule has 0 heterocycles. The van der Waals surface area contributed by atoms with Gasteiger partial charge in [0.15, 0.2) is 5.96 Å². The van der Waals surface area contributed by atoms with Gasteiger partial charge in [-0.15, -0.1) is 0 Å². The first-order chi connectivity index (χ1) is 15.5. The predicted molar refractivity (Wildman–Crippen MR) is 130 cm³/mol. The number of carbonyl (C=O) groups is 1. The molecule has 3 rings (SSSR count). The lowest BCUT2D eigenvalue weighted by Gasteiger charge is -2.38. The van der Waals surface area contributed by atoms with Gasteiger partial charge >= 0.3 is 0 Å². The molecule has 2 aromatic carbocycles. The number of benzene rings is 2. The number of carbonyl (C=O) groups excluding carboxylic acids is 1. The first-order valence-corrected chi connectivity index (χ1v) is 11.4. The molecule has 0 aromatic heterocycles. The van der Waals surface area contributed by atoms with Crippen LogP contribution in [0.4, 0.5) is 0 Å². The minimum absolute atomic E-state index is 0.0123. The fourth-order valence-corrected chi connectivity index (χ4v) is 4.42. The number of hydrogen-bond donors (Lipinski definition) is 2. The maximum Gasteiger partial charge on any atom is 0.253 e. The number of rotatable bonds is 7. The molecule has 2 aromatic rings. The highest BCUT2D eigenvalue weighted by Gasteiger charge is 2.34. The first-order valence-electron chi connectivity index (χ1n) is 11.4. The fourth-order valence-electron chi connectivity index (χ4n) is 4.42. The number of aliphatic imine (C=N–C) groups is 1. The lowest BCUT2D eigenvalue weighted by atomic mass is 9.69. The summed E-state index contributed by atoms with van der Waals surface area (Å²) < 4.78 is 5.35. The number of nitrogens with zero attached hydrogens (tertiary/aromatic N) is 2. The van der Waals surface area contributed by atoms with Crippen molar-refractivity contribution in [3.63, 3.8) is 0 Å². The van der Waals surface area contributed by atoms with Gasteiger partial charge in [0.05, 0.1) is 7.11 Å². The second-order valence-electron chi connectivity index (χ2n) is 8.75. The summed E-state index contributed by atoms with van der Waals surface area (Å²) in [5, 5.41) is 6.98. The maximum absolute atomic E-state index is 12.1. The van der Waals surface area contributed by atoms with Gasteiger partial charge in [-0.3, -0.25) is 9.79 Å². The summed E-state index contributed by atoms with van der Waals surface area (Å²) in [6.07, 6.45) is 6.14. The van der Waals surface area contributed by atoms with Gasteiger partial charge in [-0.05, 0) is 48.2 Å². The third-order valence-corrected chi connectivity index (χ3v) is 6.40.